The maximum absolute atomic E-state index is 13.2. The maximum atomic E-state index is 13.2. The van der Waals surface area contributed by atoms with E-state index in [-0.39, 0.29) is 17.9 Å². The Balaban J connectivity index is 1.41. The van der Waals surface area contributed by atoms with Crippen LogP contribution in [0.25, 0.3) is 0 Å². The molecule has 0 spiro atoms. The number of aromatic nitrogens is 1. The fourth-order valence-corrected chi connectivity index (χ4v) is 4.16. The number of carbonyl (C=O) groups is 2. The van der Waals surface area contributed by atoms with Crippen molar-refractivity contribution < 1.29 is 9.59 Å². The van der Waals surface area contributed by atoms with Gasteiger partial charge in [0, 0.05) is 51.2 Å². The molecule has 3 amide bonds. The first kappa shape index (κ1) is 17.3. The number of amides is 3. The predicted octanol–water partition coefficient (Wildman–Crippen LogP) is 2.50. The van der Waals surface area contributed by atoms with Crippen LogP contribution in [0.5, 0.6) is 0 Å². The van der Waals surface area contributed by atoms with Crippen LogP contribution in [-0.2, 0) is 11.3 Å². The molecule has 0 aromatic carbocycles. The Morgan fingerprint density at radius 2 is 1.85 bits per heavy atom. The van der Waals surface area contributed by atoms with Crippen molar-refractivity contribution >= 4 is 11.9 Å². The summed E-state index contributed by atoms with van der Waals surface area (Å²) in [5, 5.41) is 0. The minimum atomic E-state index is -0.0624. The Labute approximate surface area is 155 Å². The zero-order valence-corrected chi connectivity index (χ0v) is 15.3. The van der Waals surface area contributed by atoms with Gasteiger partial charge in [-0.05, 0) is 50.2 Å². The second-order valence-corrected chi connectivity index (χ2v) is 7.82. The van der Waals surface area contributed by atoms with E-state index in [1.807, 2.05) is 33.0 Å². The molecule has 3 aliphatic rings. The summed E-state index contributed by atoms with van der Waals surface area (Å²) in [6.07, 6.45) is 9.79. The van der Waals surface area contributed by atoms with Crippen LogP contribution >= 0.6 is 0 Å². The third-order valence-electron chi connectivity index (χ3n) is 5.76. The molecule has 2 aliphatic heterocycles. The Hall–Kier alpha value is -2.11. The molecule has 0 radical (unpaired) electrons. The molecular weight excluding hydrogens is 328 g/mol. The van der Waals surface area contributed by atoms with Crippen molar-refractivity contribution in [1.29, 1.82) is 0 Å². The van der Waals surface area contributed by atoms with Crippen LogP contribution in [0.2, 0.25) is 0 Å². The Bertz CT molecular complexity index is 640. The molecule has 1 atom stereocenters. The summed E-state index contributed by atoms with van der Waals surface area (Å²) >= 11 is 0. The van der Waals surface area contributed by atoms with E-state index in [0.717, 1.165) is 63.7 Å². The topological polar surface area (TPSA) is 56.8 Å². The van der Waals surface area contributed by atoms with Gasteiger partial charge in [0.15, 0.2) is 0 Å². The Morgan fingerprint density at radius 3 is 2.54 bits per heavy atom. The zero-order valence-electron chi connectivity index (χ0n) is 15.3. The van der Waals surface area contributed by atoms with E-state index in [0.29, 0.717) is 19.1 Å². The van der Waals surface area contributed by atoms with Gasteiger partial charge in [-0.3, -0.25) is 9.78 Å². The molecule has 6 nitrogen and oxygen atoms in total. The van der Waals surface area contributed by atoms with Gasteiger partial charge in [-0.25, -0.2) is 4.79 Å². The van der Waals surface area contributed by atoms with E-state index in [1.54, 1.807) is 6.20 Å². The largest absolute Gasteiger partial charge is 0.335 e. The van der Waals surface area contributed by atoms with Crippen LogP contribution in [0, 0.1) is 5.92 Å². The van der Waals surface area contributed by atoms with Crippen LogP contribution in [0.4, 0.5) is 4.79 Å². The van der Waals surface area contributed by atoms with Crippen LogP contribution in [0.15, 0.2) is 24.5 Å². The van der Waals surface area contributed by atoms with Gasteiger partial charge in [0.2, 0.25) is 5.91 Å². The molecule has 6 heteroatoms. The van der Waals surface area contributed by atoms with Gasteiger partial charge in [0.1, 0.15) is 0 Å². The van der Waals surface area contributed by atoms with Crippen molar-refractivity contribution in [3.63, 3.8) is 0 Å². The van der Waals surface area contributed by atoms with Gasteiger partial charge in [-0.15, -0.1) is 0 Å². The summed E-state index contributed by atoms with van der Waals surface area (Å²) in [5.41, 5.74) is 1.08. The highest BCUT2D eigenvalue weighted by Gasteiger charge is 2.38. The molecule has 3 fully saturated rings. The molecule has 0 unspecified atom stereocenters. The minimum absolute atomic E-state index is 0.0624. The number of urea groups is 1. The summed E-state index contributed by atoms with van der Waals surface area (Å²) in [4.78, 5) is 36.0. The highest BCUT2D eigenvalue weighted by Crippen LogP contribution is 2.31. The number of piperidine rings is 1. The van der Waals surface area contributed by atoms with E-state index < -0.39 is 0 Å². The molecule has 26 heavy (non-hydrogen) atoms. The number of likely N-dealkylation sites (tertiary alicyclic amines) is 2. The van der Waals surface area contributed by atoms with Gasteiger partial charge in [-0.2, -0.15) is 0 Å². The Morgan fingerprint density at radius 1 is 1.08 bits per heavy atom. The van der Waals surface area contributed by atoms with Crippen molar-refractivity contribution in [3.05, 3.63) is 30.1 Å². The second kappa shape index (κ2) is 7.64. The highest BCUT2D eigenvalue weighted by atomic mass is 16.2. The number of rotatable bonds is 4. The van der Waals surface area contributed by atoms with E-state index in [4.69, 9.17) is 0 Å². The average Bonchev–Trinajstić information content (AvgIpc) is 3.39. The predicted molar refractivity (Wildman–Crippen MR) is 98.3 cm³/mol. The Kier molecular flexibility index (Phi) is 5.09. The summed E-state index contributed by atoms with van der Waals surface area (Å²) < 4.78 is 0. The normalized spacial score (nSPS) is 23.2. The molecule has 2 saturated heterocycles. The van der Waals surface area contributed by atoms with E-state index in [1.165, 1.54) is 0 Å². The molecule has 3 heterocycles. The fourth-order valence-electron chi connectivity index (χ4n) is 4.16. The monoisotopic (exact) mass is 356 g/mol. The summed E-state index contributed by atoms with van der Waals surface area (Å²) in [5.74, 6) is 0.155. The van der Waals surface area contributed by atoms with Crippen molar-refractivity contribution in [3.8, 4) is 0 Å². The summed E-state index contributed by atoms with van der Waals surface area (Å²) in [6, 6.07) is 4.44. The second-order valence-electron chi connectivity index (χ2n) is 7.82. The quantitative estimate of drug-likeness (QED) is 0.833. The molecule has 4 rings (SSSR count). The van der Waals surface area contributed by atoms with E-state index in [9.17, 15) is 9.59 Å². The van der Waals surface area contributed by atoms with Crippen molar-refractivity contribution in [2.45, 2.75) is 51.1 Å². The zero-order chi connectivity index (χ0) is 17.9. The maximum Gasteiger partial charge on any atom is 0.320 e. The van der Waals surface area contributed by atoms with Gasteiger partial charge < -0.3 is 14.7 Å². The van der Waals surface area contributed by atoms with Gasteiger partial charge in [0.25, 0.3) is 0 Å². The lowest BCUT2D eigenvalue weighted by atomic mass is 9.96. The third-order valence-corrected chi connectivity index (χ3v) is 5.76. The molecule has 1 saturated carbocycles. The number of hydrogen-bond donors (Lipinski definition) is 0. The highest BCUT2D eigenvalue weighted by molar-refractivity contribution is 5.81. The molecule has 1 aromatic rings. The van der Waals surface area contributed by atoms with Crippen molar-refractivity contribution in [1.82, 2.24) is 19.7 Å². The summed E-state index contributed by atoms with van der Waals surface area (Å²) in [6.45, 7) is 3.72. The summed E-state index contributed by atoms with van der Waals surface area (Å²) in [7, 11) is 0. The van der Waals surface area contributed by atoms with Crippen LogP contribution in [-0.4, -0.2) is 63.8 Å². The van der Waals surface area contributed by atoms with Gasteiger partial charge in [0.05, 0.1) is 5.92 Å². The molecule has 0 bridgehead atoms. The van der Waals surface area contributed by atoms with Crippen LogP contribution < -0.4 is 0 Å². The minimum Gasteiger partial charge on any atom is -0.335 e. The number of pyridine rings is 1. The molecular formula is C20H28N4O2. The first-order valence-electron chi connectivity index (χ1n) is 9.95. The lowest BCUT2D eigenvalue weighted by Crippen LogP contribution is -2.50. The average molecular weight is 356 g/mol. The van der Waals surface area contributed by atoms with Crippen molar-refractivity contribution in [2.24, 2.45) is 5.92 Å². The first-order valence-corrected chi connectivity index (χ1v) is 9.95. The first-order chi connectivity index (χ1) is 12.7. The van der Waals surface area contributed by atoms with Gasteiger partial charge >= 0.3 is 6.03 Å². The number of nitrogens with zero attached hydrogens (tertiary/aromatic N) is 4. The number of carbonyl (C=O) groups excluding carboxylic acids is 2. The number of hydrogen-bond acceptors (Lipinski definition) is 3. The van der Waals surface area contributed by atoms with Crippen LogP contribution in [0.3, 0.4) is 0 Å². The van der Waals surface area contributed by atoms with Crippen molar-refractivity contribution in [2.75, 3.05) is 26.2 Å². The van der Waals surface area contributed by atoms with Crippen LogP contribution in [0.1, 0.15) is 44.1 Å². The van der Waals surface area contributed by atoms with E-state index in [2.05, 4.69) is 4.98 Å². The smallest absolute Gasteiger partial charge is 0.320 e. The SMILES string of the molecule is O=C(N1CCCC1)N1CCC[C@H](C(=O)N(Cc2cccnc2)C2CC2)C1. The molecule has 1 aliphatic carbocycles. The lowest BCUT2D eigenvalue weighted by Gasteiger charge is -2.36. The fraction of sp³-hybridized carbons (Fsp3) is 0.650. The third kappa shape index (κ3) is 3.84. The molecule has 0 N–H and O–H groups in total. The lowest BCUT2D eigenvalue weighted by molar-refractivity contribution is -0.138. The van der Waals surface area contributed by atoms with E-state index >= 15 is 0 Å². The standard InChI is InChI=1S/C20H28N4O2/c25-19(24(18-7-8-18)14-16-5-3-9-21-13-16)17-6-4-12-23(15-17)20(26)22-10-1-2-11-22/h3,5,9,13,17-18H,1-2,4,6-8,10-12,14-15H2/t17-/m0/s1. The molecule has 1 aromatic heterocycles. The van der Waals surface area contributed by atoms with Gasteiger partial charge in [-0.1, -0.05) is 6.07 Å². The molecule has 140 valence electrons.